The van der Waals surface area contributed by atoms with Gasteiger partial charge >= 0.3 is 0 Å². The number of anilines is 1. The fraction of sp³-hybridized carbons (Fsp3) is 0.200. The highest BCUT2D eigenvalue weighted by molar-refractivity contribution is 9.10. The van der Waals surface area contributed by atoms with Crippen LogP contribution in [0, 0.1) is 0 Å². The van der Waals surface area contributed by atoms with Gasteiger partial charge in [-0.2, -0.15) is 0 Å². The van der Waals surface area contributed by atoms with E-state index in [-0.39, 0.29) is 11.5 Å². The third-order valence-corrected chi connectivity index (χ3v) is 2.32. The summed E-state index contributed by atoms with van der Waals surface area (Å²) in [6, 6.07) is 3.55. The number of aromatic nitrogens is 2. The summed E-state index contributed by atoms with van der Waals surface area (Å²) in [7, 11) is 0. The quantitative estimate of drug-likeness (QED) is 0.837. The van der Waals surface area contributed by atoms with Gasteiger partial charge in [0.2, 0.25) is 0 Å². The van der Waals surface area contributed by atoms with E-state index in [0.717, 1.165) is 4.47 Å². The standard InChI is InChI=1S/C8H7BrN4O.C2H6/c9-4-1-2-5-12-6(8(11)14)7(10)13(5)3-4;1-2/h1-3H,10H2,(H2,11,14);1-2H3. The molecule has 0 spiro atoms. The maximum atomic E-state index is 10.9. The lowest BCUT2D eigenvalue weighted by atomic mass is 10.4. The molecule has 0 aliphatic rings. The SMILES string of the molecule is CC.NC(=O)c1nc2ccc(Br)cn2c1N. The van der Waals surface area contributed by atoms with E-state index in [9.17, 15) is 4.79 Å². The molecular weight excluding hydrogens is 272 g/mol. The van der Waals surface area contributed by atoms with Crippen molar-refractivity contribution in [2.75, 3.05) is 5.73 Å². The summed E-state index contributed by atoms with van der Waals surface area (Å²) < 4.78 is 2.45. The molecule has 0 aliphatic carbocycles. The molecule has 2 heterocycles. The minimum atomic E-state index is -0.623. The number of carbonyl (C=O) groups excluding carboxylic acids is 1. The highest BCUT2D eigenvalue weighted by Crippen LogP contribution is 2.17. The summed E-state index contributed by atoms with van der Waals surface area (Å²) in [6.07, 6.45) is 1.73. The second-order valence-electron chi connectivity index (χ2n) is 2.79. The molecule has 2 aromatic rings. The lowest BCUT2D eigenvalue weighted by molar-refractivity contribution is 0.0997. The second-order valence-corrected chi connectivity index (χ2v) is 3.70. The Morgan fingerprint density at radius 2 is 2.06 bits per heavy atom. The minimum absolute atomic E-state index is 0.100. The van der Waals surface area contributed by atoms with Gasteiger partial charge in [-0.25, -0.2) is 4.98 Å². The van der Waals surface area contributed by atoms with Crippen LogP contribution in [0.15, 0.2) is 22.8 Å². The van der Waals surface area contributed by atoms with Crippen molar-refractivity contribution in [3.05, 3.63) is 28.5 Å². The summed E-state index contributed by atoms with van der Waals surface area (Å²) in [4.78, 5) is 14.9. The first-order chi connectivity index (χ1) is 7.59. The van der Waals surface area contributed by atoms with Crippen LogP contribution in [-0.4, -0.2) is 15.3 Å². The first-order valence-electron chi connectivity index (χ1n) is 4.82. The summed E-state index contributed by atoms with van der Waals surface area (Å²) in [5, 5.41) is 0. The highest BCUT2D eigenvalue weighted by atomic mass is 79.9. The lowest BCUT2D eigenvalue weighted by Crippen LogP contribution is -2.13. The predicted octanol–water partition coefficient (Wildman–Crippen LogP) is 1.80. The smallest absolute Gasteiger partial charge is 0.271 e. The van der Waals surface area contributed by atoms with Crippen LogP contribution in [0.3, 0.4) is 0 Å². The number of nitrogens with zero attached hydrogens (tertiary/aromatic N) is 2. The summed E-state index contributed by atoms with van der Waals surface area (Å²) in [6.45, 7) is 4.00. The Kier molecular flexibility index (Phi) is 3.89. The van der Waals surface area contributed by atoms with E-state index in [2.05, 4.69) is 20.9 Å². The van der Waals surface area contributed by atoms with Crippen molar-refractivity contribution < 1.29 is 4.79 Å². The molecule has 0 radical (unpaired) electrons. The van der Waals surface area contributed by atoms with E-state index in [0.29, 0.717) is 5.65 Å². The average molecular weight is 285 g/mol. The molecule has 1 amide bonds. The molecule has 0 saturated heterocycles. The fourth-order valence-electron chi connectivity index (χ4n) is 1.22. The van der Waals surface area contributed by atoms with Gasteiger partial charge in [0.15, 0.2) is 5.69 Å². The Balaban J connectivity index is 0.000000606. The summed E-state index contributed by atoms with van der Waals surface area (Å²) in [5.41, 5.74) is 11.5. The van der Waals surface area contributed by atoms with Gasteiger partial charge in [0.05, 0.1) is 0 Å². The average Bonchev–Trinajstić information content (AvgIpc) is 2.59. The van der Waals surface area contributed by atoms with Gasteiger partial charge in [0, 0.05) is 10.7 Å². The topological polar surface area (TPSA) is 86.4 Å². The first kappa shape index (κ1) is 12.5. The highest BCUT2D eigenvalue weighted by Gasteiger charge is 2.13. The molecule has 6 heteroatoms. The zero-order valence-corrected chi connectivity index (χ0v) is 10.7. The molecule has 0 atom stereocenters. The molecule has 5 nitrogen and oxygen atoms in total. The van der Waals surface area contributed by atoms with Crippen LogP contribution in [-0.2, 0) is 0 Å². The molecule has 0 fully saturated rings. The Morgan fingerprint density at radius 1 is 1.44 bits per heavy atom. The second kappa shape index (κ2) is 4.98. The minimum Gasteiger partial charge on any atom is -0.383 e. The van der Waals surface area contributed by atoms with Gasteiger partial charge < -0.3 is 11.5 Å². The molecule has 0 bridgehead atoms. The van der Waals surface area contributed by atoms with Crippen molar-refractivity contribution in [2.45, 2.75) is 13.8 Å². The summed E-state index contributed by atoms with van der Waals surface area (Å²) >= 11 is 3.29. The fourth-order valence-corrected chi connectivity index (χ4v) is 1.56. The number of pyridine rings is 1. The third kappa shape index (κ3) is 2.16. The van der Waals surface area contributed by atoms with Gasteiger partial charge in [-0.05, 0) is 28.1 Å². The number of fused-ring (bicyclic) bond motifs is 1. The zero-order valence-electron chi connectivity index (χ0n) is 9.07. The number of imidazole rings is 1. The number of amides is 1. The molecule has 4 N–H and O–H groups in total. The van der Waals surface area contributed by atoms with Crippen LogP contribution >= 0.6 is 15.9 Å². The maximum Gasteiger partial charge on any atom is 0.271 e. The number of carbonyl (C=O) groups is 1. The van der Waals surface area contributed by atoms with E-state index in [4.69, 9.17) is 11.5 Å². The molecule has 2 rings (SSSR count). The van der Waals surface area contributed by atoms with Gasteiger partial charge in [0.1, 0.15) is 11.5 Å². The van der Waals surface area contributed by atoms with Crippen LogP contribution < -0.4 is 11.5 Å². The van der Waals surface area contributed by atoms with Gasteiger partial charge in [0.25, 0.3) is 5.91 Å². The Morgan fingerprint density at radius 3 is 2.62 bits per heavy atom. The van der Waals surface area contributed by atoms with Gasteiger partial charge in [-0.15, -0.1) is 0 Å². The third-order valence-electron chi connectivity index (χ3n) is 1.85. The molecule has 16 heavy (non-hydrogen) atoms. The van der Waals surface area contributed by atoms with E-state index in [1.807, 2.05) is 19.9 Å². The monoisotopic (exact) mass is 284 g/mol. The Bertz CT molecular complexity index is 521. The number of halogens is 1. The number of nitrogen functional groups attached to an aromatic ring is 1. The maximum absolute atomic E-state index is 10.9. The van der Waals surface area contributed by atoms with Crippen LogP contribution in [0.1, 0.15) is 24.3 Å². The number of rotatable bonds is 1. The van der Waals surface area contributed by atoms with Crippen LogP contribution in [0.4, 0.5) is 5.82 Å². The van der Waals surface area contributed by atoms with Gasteiger partial charge in [-0.3, -0.25) is 9.20 Å². The van der Waals surface area contributed by atoms with Crippen molar-refractivity contribution in [1.82, 2.24) is 9.38 Å². The van der Waals surface area contributed by atoms with Crippen LogP contribution in [0.25, 0.3) is 5.65 Å². The zero-order chi connectivity index (χ0) is 12.3. The predicted molar refractivity (Wildman–Crippen MR) is 67.2 cm³/mol. The van der Waals surface area contributed by atoms with E-state index >= 15 is 0 Å². The van der Waals surface area contributed by atoms with Crippen molar-refractivity contribution in [3.8, 4) is 0 Å². The van der Waals surface area contributed by atoms with Gasteiger partial charge in [-0.1, -0.05) is 13.8 Å². The van der Waals surface area contributed by atoms with Crippen molar-refractivity contribution in [1.29, 1.82) is 0 Å². The van der Waals surface area contributed by atoms with Crippen LogP contribution in [0.2, 0.25) is 0 Å². The largest absolute Gasteiger partial charge is 0.383 e. The normalized spacial score (nSPS) is 9.69. The van der Waals surface area contributed by atoms with E-state index in [1.165, 1.54) is 0 Å². The summed E-state index contributed by atoms with van der Waals surface area (Å²) in [5.74, 6) is -0.365. The van der Waals surface area contributed by atoms with E-state index < -0.39 is 5.91 Å². The Hall–Kier alpha value is -1.56. The Labute approximate surface area is 102 Å². The number of primary amides is 1. The molecule has 0 aromatic carbocycles. The molecule has 0 aliphatic heterocycles. The van der Waals surface area contributed by atoms with Crippen molar-refractivity contribution in [3.63, 3.8) is 0 Å². The van der Waals surface area contributed by atoms with Crippen molar-refractivity contribution >= 4 is 33.3 Å². The lowest BCUT2D eigenvalue weighted by Gasteiger charge is -1.96. The molecule has 0 unspecified atom stereocenters. The number of nitrogens with two attached hydrogens (primary N) is 2. The molecular formula is C10H13BrN4O. The first-order valence-corrected chi connectivity index (χ1v) is 5.62. The molecule has 86 valence electrons. The number of hydrogen-bond donors (Lipinski definition) is 2. The van der Waals surface area contributed by atoms with Crippen LogP contribution in [0.5, 0.6) is 0 Å². The van der Waals surface area contributed by atoms with Crippen molar-refractivity contribution in [2.24, 2.45) is 5.73 Å². The molecule has 0 saturated carbocycles. The molecule has 2 aromatic heterocycles. The number of hydrogen-bond acceptors (Lipinski definition) is 3. The van der Waals surface area contributed by atoms with E-state index in [1.54, 1.807) is 16.7 Å².